The summed E-state index contributed by atoms with van der Waals surface area (Å²) >= 11 is 0. The van der Waals surface area contributed by atoms with Crippen LogP contribution in [0.3, 0.4) is 0 Å². The maximum Gasteiger partial charge on any atom is 0.0802 e. The molecule has 0 amide bonds. The average molecular weight is 289 g/mol. The predicted molar refractivity (Wildman–Crippen MR) is 89.4 cm³/mol. The van der Waals surface area contributed by atoms with Gasteiger partial charge in [0.15, 0.2) is 0 Å². The zero-order chi connectivity index (χ0) is 15.1. The highest BCUT2D eigenvalue weighted by Crippen LogP contribution is 2.23. The van der Waals surface area contributed by atoms with Crippen LogP contribution in [-0.4, -0.2) is 29.6 Å². The van der Waals surface area contributed by atoms with E-state index >= 15 is 0 Å². The molecule has 2 unspecified atom stereocenters. The summed E-state index contributed by atoms with van der Waals surface area (Å²) in [5.74, 6) is 0.932. The SMILES string of the molecule is CCCC1CCCN(CCC(O)c2ccc(C)cc2)CC1. The number of aryl methyl sites for hydroxylation is 1. The molecule has 1 aromatic rings. The first-order chi connectivity index (χ1) is 10.2. The number of hydrogen-bond donors (Lipinski definition) is 1. The third-order valence-corrected chi connectivity index (χ3v) is 4.82. The summed E-state index contributed by atoms with van der Waals surface area (Å²) in [6, 6.07) is 8.28. The number of aliphatic hydroxyl groups is 1. The molecule has 21 heavy (non-hydrogen) atoms. The molecule has 118 valence electrons. The van der Waals surface area contributed by atoms with Gasteiger partial charge in [0.05, 0.1) is 6.10 Å². The number of aliphatic hydroxyl groups excluding tert-OH is 1. The van der Waals surface area contributed by atoms with E-state index in [4.69, 9.17) is 0 Å². The third-order valence-electron chi connectivity index (χ3n) is 4.82. The molecule has 2 rings (SSSR count). The van der Waals surface area contributed by atoms with Crippen LogP contribution < -0.4 is 0 Å². The molecule has 1 fully saturated rings. The molecule has 1 aliphatic heterocycles. The number of nitrogens with zero attached hydrogens (tertiary/aromatic N) is 1. The van der Waals surface area contributed by atoms with Crippen LogP contribution in [0.4, 0.5) is 0 Å². The Morgan fingerprint density at radius 3 is 2.67 bits per heavy atom. The van der Waals surface area contributed by atoms with Crippen molar-refractivity contribution < 1.29 is 5.11 Å². The predicted octanol–water partition coefficient (Wildman–Crippen LogP) is 4.32. The Labute approximate surface area is 130 Å². The van der Waals surface area contributed by atoms with Crippen LogP contribution in [0.15, 0.2) is 24.3 Å². The third kappa shape index (κ3) is 5.44. The molecule has 0 aromatic heterocycles. The van der Waals surface area contributed by atoms with Gasteiger partial charge in [0.25, 0.3) is 0 Å². The van der Waals surface area contributed by atoms with Gasteiger partial charge in [0, 0.05) is 6.54 Å². The number of hydrogen-bond acceptors (Lipinski definition) is 2. The van der Waals surface area contributed by atoms with Crippen LogP contribution in [0, 0.1) is 12.8 Å². The molecule has 0 spiro atoms. The van der Waals surface area contributed by atoms with Gasteiger partial charge >= 0.3 is 0 Å². The number of benzene rings is 1. The van der Waals surface area contributed by atoms with E-state index < -0.39 is 0 Å². The molecule has 1 aliphatic rings. The molecular formula is C19H31NO. The van der Waals surface area contributed by atoms with Gasteiger partial charge in [-0.05, 0) is 57.2 Å². The molecule has 1 heterocycles. The Balaban J connectivity index is 1.76. The van der Waals surface area contributed by atoms with Crippen molar-refractivity contribution in [3.05, 3.63) is 35.4 Å². The van der Waals surface area contributed by atoms with Crippen molar-refractivity contribution in [3.63, 3.8) is 0 Å². The molecule has 0 radical (unpaired) electrons. The van der Waals surface area contributed by atoms with Crippen LogP contribution in [0.25, 0.3) is 0 Å². The first-order valence-electron chi connectivity index (χ1n) is 8.66. The minimum atomic E-state index is -0.319. The van der Waals surface area contributed by atoms with Crippen molar-refractivity contribution in [1.29, 1.82) is 0 Å². The highest BCUT2D eigenvalue weighted by atomic mass is 16.3. The lowest BCUT2D eigenvalue weighted by molar-refractivity contribution is 0.142. The minimum Gasteiger partial charge on any atom is -0.388 e. The number of likely N-dealkylation sites (tertiary alicyclic amines) is 1. The van der Waals surface area contributed by atoms with Crippen molar-refractivity contribution >= 4 is 0 Å². The van der Waals surface area contributed by atoms with E-state index in [-0.39, 0.29) is 6.10 Å². The first kappa shape index (κ1) is 16.5. The summed E-state index contributed by atoms with van der Waals surface area (Å²) in [7, 11) is 0. The van der Waals surface area contributed by atoms with E-state index in [1.54, 1.807) is 0 Å². The molecule has 0 aliphatic carbocycles. The van der Waals surface area contributed by atoms with Gasteiger partial charge < -0.3 is 10.0 Å². The van der Waals surface area contributed by atoms with Crippen LogP contribution in [0.1, 0.15) is 62.7 Å². The van der Waals surface area contributed by atoms with Crippen LogP contribution in [-0.2, 0) is 0 Å². The summed E-state index contributed by atoms with van der Waals surface area (Å²) in [4.78, 5) is 2.55. The Kier molecular flexibility index (Phi) is 6.72. The second kappa shape index (κ2) is 8.55. The Morgan fingerprint density at radius 1 is 1.19 bits per heavy atom. The largest absolute Gasteiger partial charge is 0.388 e. The monoisotopic (exact) mass is 289 g/mol. The Hall–Kier alpha value is -0.860. The quantitative estimate of drug-likeness (QED) is 0.843. The van der Waals surface area contributed by atoms with E-state index in [9.17, 15) is 5.11 Å². The smallest absolute Gasteiger partial charge is 0.0802 e. The molecule has 1 saturated heterocycles. The molecular weight excluding hydrogens is 258 g/mol. The normalized spacial score (nSPS) is 22.0. The lowest BCUT2D eigenvalue weighted by Gasteiger charge is -2.22. The lowest BCUT2D eigenvalue weighted by atomic mass is 9.96. The number of rotatable bonds is 6. The highest BCUT2D eigenvalue weighted by Gasteiger charge is 2.17. The standard InChI is InChI=1S/C19H31NO/c1-3-5-17-6-4-13-20(14-11-17)15-12-19(21)18-9-7-16(2)8-10-18/h7-10,17,19,21H,3-6,11-15H2,1-2H3. The van der Waals surface area contributed by atoms with Crippen LogP contribution in [0.5, 0.6) is 0 Å². The molecule has 2 nitrogen and oxygen atoms in total. The van der Waals surface area contributed by atoms with Gasteiger partial charge in [-0.2, -0.15) is 0 Å². The molecule has 1 N–H and O–H groups in total. The summed E-state index contributed by atoms with van der Waals surface area (Å²) in [5, 5.41) is 10.3. The van der Waals surface area contributed by atoms with Gasteiger partial charge in [-0.1, -0.05) is 49.6 Å². The van der Waals surface area contributed by atoms with Gasteiger partial charge in [-0.3, -0.25) is 0 Å². The van der Waals surface area contributed by atoms with Gasteiger partial charge in [0.2, 0.25) is 0 Å². The minimum absolute atomic E-state index is 0.319. The van der Waals surface area contributed by atoms with Gasteiger partial charge in [0.1, 0.15) is 0 Å². The fraction of sp³-hybridized carbons (Fsp3) is 0.684. The summed E-state index contributed by atoms with van der Waals surface area (Å²) in [6.45, 7) is 7.82. The maximum absolute atomic E-state index is 10.3. The van der Waals surface area contributed by atoms with E-state index in [0.29, 0.717) is 0 Å². The summed E-state index contributed by atoms with van der Waals surface area (Å²) in [6.07, 6.45) is 7.29. The molecule has 1 aromatic carbocycles. The van der Waals surface area contributed by atoms with Crippen molar-refractivity contribution in [2.45, 2.75) is 58.5 Å². The second-order valence-electron chi connectivity index (χ2n) is 6.64. The van der Waals surface area contributed by atoms with Gasteiger partial charge in [-0.15, -0.1) is 0 Å². The topological polar surface area (TPSA) is 23.5 Å². The molecule has 0 saturated carbocycles. The van der Waals surface area contributed by atoms with Crippen molar-refractivity contribution in [2.24, 2.45) is 5.92 Å². The average Bonchev–Trinajstić information content (AvgIpc) is 2.71. The lowest BCUT2D eigenvalue weighted by Crippen LogP contribution is -2.27. The highest BCUT2D eigenvalue weighted by molar-refractivity contribution is 5.23. The van der Waals surface area contributed by atoms with Gasteiger partial charge in [-0.25, -0.2) is 0 Å². The van der Waals surface area contributed by atoms with Crippen molar-refractivity contribution in [3.8, 4) is 0 Å². The van der Waals surface area contributed by atoms with Crippen molar-refractivity contribution in [1.82, 2.24) is 4.90 Å². The summed E-state index contributed by atoms with van der Waals surface area (Å²) in [5.41, 5.74) is 2.31. The fourth-order valence-electron chi connectivity index (χ4n) is 3.41. The van der Waals surface area contributed by atoms with E-state index in [1.807, 2.05) is 0 Å². The Bertz CT molecular complexity index is 401. The molecule has 2 heteroatoms. The zero-order valence-corrected chi connectivity index (χ0v) is 13.7. The maximum atomic E-state index is 10.3. The van der Waals surface area contributed by atoms with Crippen LogP contribution >= 0.6 is 0 Å². The van der Waals surface area contributed by atoms with E-state index in [2.05, 4.69) is 43.0 Å². The van der Waals surface area contributed by atoms with Crippen molar-refractivity contribution in [2.75, 3.05) is 19.6 Å². The molecule has 0 bridgehead atoms. The van der Waals surface area contributed by atoms with Crippen LogP contribution in [0.2, 0.25) is 0 Å². The van der Waals surface area contributed by atoms with E-state index in [1.165, 1.54) is 50.8 Å². The zero-order valence-electron chi connectivity index (χ0n) is 13.7. The van der Waals surface area contributed by atoms with E-state index in [0.717, 1.165) is 24.4 Å². The Morgan fingerprint density at radius 2 is 1.95 bits per heavy atom. The molecule has 2 atom stereocenters. The fourth-order valence-corrected chi connectivity index (χ4v) is 3.41. The summed E-state index contributed by atoms with van der Waals surface area (Å²) < 4.78 is 0. The second-order valence-corrected chi connectivity index (χ2v) is 6.64. The first-order valence-corrected chi connectivity index (χ1v) is 8.66.